The van der Waals surface area contributed by atoms with Crippen LogP contribution in [0, 0.1) is 11.3 Å². The lowest BCUT2D eigenvalue weighted by atomic mass is 9.75. The molecule has 0 aromatic heterocycles. The Labute approximate surface area is 214 Å². The number of benzene rings is 1. The van der Waals surface area contributed by atoms with Gasteiger partial charge in [0.1, 0.15) is 5.75 Å². The SMILES string of the molecule is COc1ccc2c(c1)CC1(CCN(CC(=O)N(CC(F)F)CC3NC(=O)C4COCCC4N3)CC1)C2=O. The Bertz CT molecular complexity index is 1050. The number of piperidine rings is 1. The molecule has 9 nitrogen and oxygen atoms in total. The third-order valence-corrected chi connectivity index (χ3v) is 8.28. The van der Waals surface area contributed by atoms with Crippen LogP contribution in [0.1, 0.15) is 35.2 Å². The molecule has 2 N–H and O–H groups in total. The molecule has 202 valence electrons. The van der Waals surface area contributed by atoms with Crippen LogP contribution in [0.2, 0.25) is 0 Å². The molecule has 4 aliphatic rings. The van der Waals surface area contributed by atoms with E-state index in [0.717, 1.165) is 21.8 Å². The molecule has 3 unspecified atom stereocenters. The van der Waals surface area contributed by atoms with Crippen LogP contribution in [0.4, 0.5) is 8.78 Å². The summed E-state index contributed by atoms with van der Waals surface area (Å²) in [5, 5.41) is 6.10. The number of halogens is 2. The van der Waals surface area contributed by atoms with Crippen LogP contribution < -0.4 is 15.4 Å². The molecule has 0 bridgehead atoms. The Balaban J connectivity index is 1.18. The molecule has 3 aliphatic heterocycles. The maximum atomic E-state index is 13.4. The molecule has 3 atom stereocenters. The number of rotatable bonds is 7. The number of nitrogens with one attached hydrogen (secondary N) is 2. The zero-order chi connectivity index (χ0) is 26.2. The van der Waals surface area contributed by atoms with Crippen LogP contribution in [0.15, 0.2) is 18.2 Å². The molecule has 2 amide bonds. The van der Waals surface area contributed by atoms with Crippen LogP contribution in [-0.2, 0) is 20.7 Å². The molecular weight excluding hydrogens is 486 g/mol. The summed E-state index contributed by atoms with van der Waals surface area (Å²) in [5.74, 6) is -0.0376. The van der Waals surface area contributed by atoms with E-state index in [2.05, 4.69) is 10.6 Å². The number of ketones is 1. The summed E-state index contributed by atoms with van der Waals surface area (Å²) in [6.45, 7) is 1.20. The minimum Gasteiger partial charge on any atom is -0.497 e. The first-order chi connectivity index (χ1) is 17.8. The van der Waals surface area contributed by atoms with E-state index in [9.17, 15) is 23.2 Å². The van der Waals surface area contributed by atoms with Crippen LogP contribution in [-0.4, -0.2) is 99.1 Å². The third-order valence-electron chi connectivity index (χ3n) is 8.28. The summed E-state index contributed by atoms with van der Waals surface area (Å²) in [5.41, 5.74) is 1.25. The monoisotopic (exact) mass is 520 g/mol. The summed E-state index contributed by atoms with van der Waals surface area (Å²) in [7, 11) is 1.60. The number of ether oxygens (including phenoxy) is 2. The Hall–Kier alpha value is -2.63. The van der Waals surface area contributed by atoms with E-state index in [0.29, 0.717) is 52.0 Å². The summed E-state index contributed by atoms with van der Waals surface area (Å²) < 4.78 is 37.4. The van der Waals surface area contributed by atoms with Gasteiger partial charge in [-0.1, -0.05) is 0 Å². The number of alkyl halides is 2. The number of methoxy groups -OCH3 is 1. The van der Waals surface area contributed by atoms with Crippen molar-refractivity contribution in [1.82, 2.24) is 20.4 Å². The second-order valence-corrected chi connectivity index (χ2v) is 10.6. The van der Waals surface area contributed by atoms with Crippen molar-refractivity contribution in [3.05, 3.63) is 29.3 Å². The average Bonchev–Trinajstić information content (AvgIpc) is 3.15. The van der Waals surface area contributed by atoms with Crippen molar-refractivity contribution in [3.63, 3.8) is 0 Å². The van der Waals surface area contributed by atoms with Gasteiger partial charge in [-0.25, -0.2) is 8.78 Å². The molecule has 0 saturated carbocycles. The number of carbonyl (C=O) groups excluding carboxylic acids is 3. The first-order valence-corrected chi connectivity index (χ1v) is 12.9. The van der Waals surface area contributed by atoms with Crippen molar-refractivity contribution >= 4 is 17.6 Å². The van der Waals surface area contributed by atoms with E-state index >= 15 is 0 Å². The number of fused-ring (bicyclic) bond motifs is 2. The topological polar surface area (TPSA) is 100 Å². The van der Waals surface area contributed by atoms with Gasteiger partial charge in [-0.2, -0.15) is 0 Å². The molecule has 11 heteroatoms. The van der Waals surface area contributed by atoms with Gasteiger partial charge in [-0.3, -0.25) is 24.6 Å². The number of hydrogen-bond donors (Lipinski definition) is 2. The van der Waals surface area contributed by atoms with E-state index in [-0.39, 0.29) is 36.7 Å². The van der Waals surface area contributed by atoms with Gasteiger partial charge in [0.15, 0.2) is 5.78 Å². The van der Waals surface area contributed by atoms with Crippen LogP contribution in [0.25, 0.3) is 0 Å². The Morgan fingerprint density at radius 1 is 1.30 bits per heavy atom. The summed E-state index contributed by atoms with van der Waals surface area (Å²) in [6.07, 6.45) is -0.756. The van der Waals surface area contributed by atoms with Gasteiger partial charge >= 0.3 is 0 Å². The van der Waals surface area contributed by atoms with Crippen LogP contribution in [0.3, 0.4) is 0 Å². The van der Waals surface area contributed by atoms with E-state index in [4.69, 9.17) is 9.47 Å². The lowest BCUT2D eigenvalue weighted by Crippen LogP contribution is -2.67. The van der Waals surface area contributed by atoms with Crippen LogP contribution in [0.5, 0.6) is 5.75 Å². The maximum absolute atomic E-state index is 13.4. The number of amides is 2. The second-order valence-electron chi connectivity index (χ2n) is 10.6. The zero-order valence-corrected chi connectivity index (χ0v) is 21.0. The predicted molar refractivity (Wildman–Crippen MR) is 129 cm³/mol. The molecular formula is C26H34F2N4O5. The number of likely N-dealkylation sites (tertiary alicyclic amines) is 1. The fourth-order valence-electron chi connectivity index (χ4n) is 6.17. The Kier molecular flexibility index (Phi) is 7.46. The molecule has 1 spiro atoms. The van der Waals surface area contributed by atoms with Crippen molar-refractivity contribution in [2.24, 2.45) is 11.3 Å². The molecule has 1 aromatic carbocycles. The first kappa shape index (κ1) is 26.0. The number of nitrogens with zero attached hydrogens (tertiary/aromatic N) is 2. The minimum absolute atomic E-state index is 0.00166. The molecule has 3 saturated heterocycles. The van der Waals surface area contributed by atoms with Crippen molar-refractivity contribution in [2.45, 2.75) is 44.3 Å². The first-order valence-electron chi connectivity index (χ1n) is 12.9. The standard InChI is InChI=1S/C26H34F2N4O5/c1-36-17-2-3-18-16(10-17)11-26(24(18)34)5-7-31(8-6-26)14-23(33)32(12-21(27)28)13-22-29-20-4-9-37-15-19(20)25(35)30-22/h2-3,10,19-22,29H,4-9,11-15H2,1H3,(H,30,35). The van der Waals surface area contributed by atoms with Crippen molar-refractivity contribution in [1.29, 1.82) is 0 Å². The van der Waals surface area contributed by atoms with E-state index < -0.39 is 30.5 Å². The number of Topliss-reactive ketones (excluding diaryl/α,β-unsaturated/α-hetero) is 1. The van der Waals surface area contributed by atoms with Crippen molar-refractivity contribution in [2.75, 3.05) is 53.0 Å². The molecule has 1 aliphatic carbocycles. The fourth-order valence-corrected chi connectivity index (χ4v) is 6.17. The van der Waals surface area contributed by atoms with Crippen molar-refractivity contribution in [3.8, 4) is 5.75 Å². The molecule has 1 aromatic rings. The highest BCUT2D eigenvalue weighted by atomic mass is 19.3. The normalized spacial score (nSPS) is 27.1. The highest BCUT2D eigenvalue weighted by Gasteiger charge is 2.47. The molecule has 3 fully saturated rings. The number of hydrogen-bond acceptors (Lipinski definition) is 7. The maximum Gasteiger partial charge on any atom is 0.255 e. The lowest BCUT2D eigenvalue weighted by molar-refractivity contribution is -0.140. The second kappa shape index (κ2) is 10.6. The fraction of sp³-hybridized carbons (Fsp3) is 0.654. The zero-order valence-electron chi connectivity index (χ0n) is 21.0. The molecule has 5 rings (SSSR count). The smallest absolute Gasteiger partial charge is 0.255 e. The molecule has 37 heavy (non-hydrogen) atoms. The van der Waals surface area contributed by atoms with E-state index in [1.54, 1.807) is 13.2 Å². The molecule has 0 radical (unpaired) electrons. The third kappa shape index (κ3) is 5.35. The quantitative estimate of drug-likeness (QED) is 0.555. The lowest BCUT2D eigenvalue weighted by Gasteiger charge is -2.42. The highest BCUT2D eigenvalue weighted by molar-refractivity contribution is 6.05. The average molecular weight is 521 g/mol. The Morgan fingerprint density at radius 2 is 2.08 bits per heavy atom. The van der Waals surface area contributed by atoms with Crippen molar-refractivity contribution < 1.29 is 32.6 Å². The number of carbonyl (C=O) groups is 3. The van der Waals surface area contributed by atoms with Gasteiger partial charge in [-0.15, -0.1) is 0 Å². The summed E-state index contributed by atoms with van der Waals surface area (Å²) in [4.78, 5) is 41.9. The van der Waals surface area contributed by atoms with Gasteiger partial charge in [0.05, 0.1) is 45.4 Å². The van der Waals surface area contributed by atoms with E-state index in [1.807, 2.05) is 17.0 Å². The summed E-state index contributed by atoms with van der Waals surface area (Å²) in [6, 6.07) is 5.44. The summed E-state index contributed by atoms with van der Waals surface area (Å²) >= 11 is 0. The minimum atomic E-state index is -2.68. The highest BCUT2D eigenvalue weighted by Crippen LogP contribution is 2.45. The van der Waals surface area contributed by atoms with Gasteiger partial charge < -0.3 is 19.7 Å². The largest absolute Gasteiger partial charge is 0.497 e. The van der Waals surface area contributed by atoms with Gasteiger partial charge in [0.2, 0.25) is 11.8 Å². The van der Waals surface area contributed by atoms with Gasteiger partial charge in [0.25, 0.3) is 6.43 Å². The van der Waals surface area contributed by atoms with Gasteiger partial charge in [0, 0.05) is 23.6 Å². The Morgan fingerprint density at radius 3 is 2.81 bits per heavy atom. The van der Waals surface area contributed by atoms with Gasteiger partial charge in [-0.05, 0) is 62.5 Å². The predicted octanol–water partition coefficient (Wildman–Crippen LogP) is 1.06. The molecule has 3 heterocycles. The van der Waals surface area contributed by atoms with Crippen LogP contribution >= 0.6 is 0 Å². The van der Waals surface area contributed by atoms with E-state index in [1.165, 1.54) is 0 Å².